The van der Waals surface area contributed by atoms with Crippen molar-refractivity contribution in [1.29, 1.82) is 0 Å². The molecule has 8 nitrogen and oxygen atoms in total. The van der Waals surface area contributed by atoms with Crippen molar-refractivity contribution in [2.45, 2.75) is 58.2 Å². The molecule has 35 heavy (non-hydrogen) atoms. The van der Waals surface area contributed by atoms with E-state index in [4.69, 9.17) is 13.9 Å². The number of nitrogens with zero attached hydrogens (tertiary/aromatic N) is 3. The molecule has 1 amide bonds. The van der Waals surface area contributed by atoms with Gasteiger partial charge in [-0.3, -0.25) is 14.5 Å². The van der Waals surface area contributed by atoms with E-state index >= 15 is 0 Å². The number of hydrogen-bond acceptors (Lipinski definition) is 6. The number of alkyl halides is 2. The summed E-state index contributed by atoms with van der Waals surface area (Å²) >= 11 is 0. The molecule has 0 saturated carbocycles. The van der Waals surface area contributed by atoms with Gasteiger partial charge in [0.2, 0.25) is 5.76 Å². The highest BCUT2D eigenvalue weighted by atomic mass is 19.3. The van der Waals surface area contributed by atoms with Gasteiger partial charge in [0.05, 0.1) is 55.4 Å². The van der Waals surface area contributed by atoms with E-state index in [2.05, 4.69) is 15.4 Å². The Hall–Kier alpha value is -3.11. The summed E-state index contributed by atoms with van der Waals surface area (Å²) < 4.78 is 48.6. The van der Waals surface area contributed by atoms with Crippen molar-refractivity contribution in [2.24, 2.45) is 0 Å². The molecule has 186 valence electrons. The minimum absolute atomic E-state index is 0.00772. The van der Waals surface area contributed by atoms with Gasteiger partial charge in [0, 0.05) is 30.8 Å². The van der Waals surface area contributed by atoms with Gasteiger partial charge in [0.15, 0.2) is 0 Å². The lowest BCUT2D eigenvalue weighted by Gasteiger charge is -2.22. The summed E-state index contributed by atoms with van der Waals surface area (Å²) in [5.74, 6) is -4.06. The van der Waals surface area contributed by atoms with E-state index in [9.17, 15) is 13.6 Å². The summed E-state index contributed by atoms with van der Waals surface area (Å²) in [5.41, 5.74) is 2.48. The molecule has 1 N–H and O–H groups in total. The van der Waals surface area contributed by atoms with Crippen molar-refractivity contribution < 1.29 is 27.5 Å². The molecule has 2 atom stereocenters. The van der Waals surface area contributed by atoms with Crippen LogP contribution in [0.3, 0.4) is 0 Å². The fraction of sp³-hybridized carbons (Fsp3) is 0.480. The Balaban J connectivity index is 1.48. The normalized spacial score (nSPS) is 19.8. The van der Waals surface area contributed by atoms with Crippen LogP contribution in [-0.2, 0) is 34.9 Å². The van der Waals surface area contributed by atoms with Crippen molar-refractivity contribution >= 4 is 5.91 Å². The minimum Gasteiger partial charge on any atom is -0.455 e. The molecule has 0 unspecified atom stereocenters. The van der Waals surface area contributed by atoms with Gasteiger partial charge in [-0.2, -0.15) is 5.10 Å². The number of aryl methyl sites for hydroxylation is 1. The Morgan fingerprint density at radius 1 is 1.31 bits per heavy atom. The van der Waals surface area contributed by atoms with E-state index in [1.54, 1.807) is 10.7 Å². The zero-order chi connectivity index (χ0) is 24.7. The van der Waals surface area contributed by atoms with E-state index in [-0.39, 0.29) is 29.9 Å². The standard InChI is InChI=1S/C25H28F2N4O4/c1-14-9-19-20(22-18(14)12-31(30-22)11-17-13-33-7-8-34-17)21(25(3,26)27)23(35-19)24(32)28-10-16-6-4-5-15(2)29-16/h4-6,12,14,17H,7-11,13H2,1-3H3,(H,28,32)/t14-,17+/m1/s1. The second kappa shape index (κ2) is 9.16. The van der Waals surface area contributed by atoms with E-state index in [0.717, 1.165) is 18.2 Å². The molecular weight excluding hydrogens is 458 g/mol. The van der Waals surface area contributed by atoms with Crippen LogP contribution in [0.4, 0.5) is 8.78 Å². The summed E-state index contributed by atoms with van der Waals surface area (Å²) in [4.78, 5) is 17.4. The zero-order valence-electron chi connectivity index (χ0n) is 19.9. The number of ether oxygens (including phenoxy) is 2. The maximum Gasteiger partial charge on any atom is 0.287 e. The van der Waals surface area contributed by atoms with Crippen LogP contribution in [-0.4, -0.2) is 46.6 Å². The SMILES string of the molecule is Cc1cccc(CNC(=O)c2oc3c(c2C(C)(F)F)-c2nn(C[C@H]4COCCO4)cc2[C@H](C)C3)n1. The molecular formula is C25H28F2N4O4. The maximum atomic E-state index is 15.0. The number of halogens is 2. The van der Waals surface area contributed by atoms with Crippen molar-refractivity contribution in [1.82, 2.24) is 20.1 Å². The molecule has 4 heterocycles. The second-order valence-electron chi connectivity index (χ2n) is 9.27. The molecule has 5 rings (SSSR count). The Morgan fingerprint density at radius 2 is 2.14 bits per heavy atom. The Morgan fingerprint density at radius 3 is 2.86 bits per heavy atom. The van der Waals surface area contributed by atoms with Crippen LogP contribution in [0.25, 0.3) is 11.3 Å². The van der Waals surface area contributed by atoms with Gasteiger partial charge < -0.3 is 19.2 Å². The first-order valence-corrected chi connectivity index (χ1v) is 11.7. The van der Waals surface area contributed by atoms with Crippen LogP contribution < -0.4 is 5.32 Å². The maximum absolute atomic E-state index is 15.0. The fourth-order valence-electron chi connectivity index (χ4n) is 4.72. The van der Waals surface area contributed by atoms with Crippen LogP contribution in [0.1, 0.15) is 58.6 Å². The molecule has 2 aliphatic rings. The molecule has 3 aromatic heterocycles. The first-order chi connectivity index (χ1) is 16.7. The highest BCUT2D eigenvalue weighted by molar-refractivity contribution is 5.96. The van der Waals surface area contributed by atoms with Gasteiger partial charge in [0.25, 0.3) is 11.8 Å². The second-order valence-corrected chi connectivity index (χ2v) is 9.27. The van der Waals surface area contributed by atoms with Crippen LogP contribution in [0.5, 0.6) is 0 Å². The monoisotopic (exact) mass is 486 g/mol. The van der Waals surface area contributed by atoms with Gasteiger partial charge in [-0.1, -0.05) is 13.0 Å². The Bertz CT molecular complexity index is 1240. The van der Waals surface area contributed by atoms with E-state index in [1.165, 1.54) is 0 Å². The Labute approximate surface area is 201 Å². The van der Waals surface area contributed by atoms with Gasteiger partial charge in [-0.05, 0) is 25.0 Å². The number of carbonyl (C=O) groups excluding carboxylic acids is 1. The molecule has 0 bridgehead atoms. The quantitative estimate of drug-likeness (QED) is 0.567. The molecule has 3 aromatic rings. The third-order valence-electron chi connectivity index (χ3n) is 6.33. The van der Waals surface area contributed by atoms with Crippen LogP contribution in [0, 0.1) is 6.92 Å². The predicted octanol–water partition coefficient (Wildman–Crippen LogP) is 3.96. The number of hydrogen-bond donors (Lipinski definition) is 1. The smallest absolute Gasteiger partial charge is 0.287 e. The van der Waals surface area contributed by atoms with E-state index < -0.39 is 17.4 Å². The van der Waals surface area contributed by atoms with E-state index in [0.29, 0.717) is 49.9 Å². The molecule has 1 saturated heterocycles. The average molecular weight is 487 g/mol. The molecule has 1 aliphatic heterocycles. The number of rotatable bonds is 6. The van der Waals surface area contributed by atoms with Crippen molar-refractivity contribution in [2.75, 3.05) is 19.8 Å². The summed E-state index contributed by atoms with van der Waals surface area (Å²) in [7, 11) is 0. The summed E-state index contributed by atoms with van der Waals surface area (Å²) in [6.45, 7) is 6.67. The van der Waals surface area contributed by atoms with Crippen LogP contribution in [0.15, 0.2) is 28.8 Å². The number of aromatic nitrogens is 3. The topological polar surface area (TPSA) is 91.4 Å². The van der Waals surface area contributed by atoms with Crippen LogP contribution >= 0.6 is 0 Å². The van der Waals surface area contributed by atoms with Gasteiger partial charge in [-0.25, -0.2) is 8.78 Å². The predicted molar refractivity (Wildman–Crippen MR) is 122 cm³/mol. The molecule has 0 spiro atoms. The van der Waals surface area contributed by atoms with Crippen molar-refractivity contribution in [3.63, 3.8) is 0 Å². The number of furan rings is 1. The van der Waals surface area contributed by atoms with Gasteiger partial charge >= 0.3 is 0 Å². The Kier molecular flexibility index (Phi) is 6.18. The van der Waals surface area contributed by atoms with Gasteiger partial charge in [-0.15, -0.1) is 0 Å². The fourth-order valence-corrected chi connectivity index (χ4v) is 4.72. The summed E-state index contributed by atoms with van der Waals surface area (Å²) in [6, 6.07) is 5.43. The number of fused-ring (bicyclic) bond motifs is 3. The number of carbonyl (C=O) groups is 1. The number of pyridine rings is 1. The third-order valence-corrected chi connectivity index (χ3v) is 6.33. The highest BCUT2D eigenvalue weighted by Gasteiger charge is 2.43. The first kappa shape index (κ1) is 23.6. The summed E-state index contributed by atoms with van der Waals surface area (Å²) in [6.07, 6.45) is 2.11. The third kappa shape index (κ3) is 4.72. The lowest BCUT2D eigenvalue weighted by molar-refractivity contribution is -0.0946. The molecule has 1 aliphatic carbocycles. The largest absolute Gasteiger partial charge is 0.455 e. The lowest BCUT2D eigenvalue weighted by Crippen LogP contribution is -2.32. The molecule has 1 fully saturated rings. The molecule has 0 aromatic carbocycles. The van der Waals surface area contributed by atoms with Gasteiger partial charge in [0.1, 0.15) is 11.9 Å². The summed E-state index contributed by atoms with van der Waals surface area (Å²) in [5, 5.41) is 7.31. The number of nitrogens with one attached hydrogen (secondary N) is 1. The van der Waals surface area contributed by atoms with Crippen molar-refractivity contribution in [3.8, 4) is 11.3 Å². The highest BCUT2D eigenvalue weighted by Crippen LogP contribution is 2.48. The number of amides is 1. The minimum atomic E-state index is -3.31. The lowest BCUT2D eigenvalue weighted by atomic mass is 9.85. The zero-order valence-corrected chi connectivity index (χ0v) is 19.9. The molecule has 0 radical (unpaired) electrons. The van der Waals surface area contributed by atoms with Crippen molar-refractivity contribution in [3.05, 3.63) is 58.4 Å². The first-order valence-electron chi connectivity index (χ1n) is 11.7. The molecule has 10 heteroatoms. The van der Waals surface area contributed by atoms with Crippen LogP contribution in [0.2, 0.25) is 0 Å². The van der Waals surface area contributed by atoms with E-state index in [1.807, 2.05) is 32.2 Å². The average Bonchev–Trinajstić information content (AvgIpc) is 3.40.